The van der Waals surface area contributed by atoms with Gasteiger partial charge in [-0.1, -0.05) is 0 Å². The monoisotopic (exact) mass is 396 g/mol. The van der Waals surface area contributed by atoms with Crippen molar-refractivity contribution < 1.29 is 13.9 Å². The van der Waals surface area contributed by atoms with Crippen LogP contribution in [-0.4, -0.2) is 28.9 Å². The summed E-state index contributed by atoms with van der Waals surface area (Å²) in [5.74, 6) is 0.279. The average Bonchev–Trinajstić information content (AvgIpc) is 2.99. The molecule has 0 saturated carbocycles. The van der Waals surface area contributed by atoms with Crippen molar-refractivity contribution >= 4 is 23.6 Å². The first-order valence-corrected chi connectivity index (χ1v) is 9.93. The number of carbonyl (C=O) groups is 1. The molecule has 0 bridgehead atoms. The number of methoxy groups -OCH3 is 1. The van der Waals surface area contributed by atoms with Gasteiger partial charge in [-0.25, -0.2) is 9.07 Å². The summed E-state index contributed by atoms with van der Waals surface area (Å²) in [4.78, 5) is 13.6. The SMILES string of the molecule is COc1cc(C(=O)/C=C/c2c(C)nn(-c3ccc(F)cc3)c2C)ccc1SC. The number of aromatic nitrogens is 2. The van der Waals surface area contributed by atoms with Crippen LogP contribution in [0.3, 0.4) is 0 Å². The van der Waals surface area contributed by atoms with Crippen LogP contribution in [0.2, 0.25) is 0 Å². The highest BCUT2D eigenvalue weighted by atomic mass is 32.2. The number of thioether (sulfide) groups is 1. The van der Waals surface area contributed by atoms with Gasteiger partial charge in [0.05, 0.1) is 18.5 Å². The van der Waals surface area contributed by atoms with Crippen molar-refractivity contribution in [2.24, 2.45) is 0 Å². The number of allylic oxidation sites excluding steroid dienone is 1. The van der Waals surface area contributed by atoms with E-state index in [-0.39, 0.29) is 11.6 Å². The van der Waals surface area contributed by atoms with Crippen molar-refractivity contribution in [2.45, 2.75) is 18.7 Å². The number of hydrogen-bond acceptors (Lipinski definition) is 4. The van der Waals surface area contributed by atoms with E-state index in [2.05, 4.69) is 5.10 Å². The van der Waals surface area contributed by atoms with Crippen LogP contribution in [0.25, 0.3) is 11.8 Å². The Morgan fingerprint density at radius 1 is 1.18 bits per heavy atom. The predicted molar refractivity (Wildman–Crippen MR) is 111 cm³/mol. The number of nitrogens with zero attached hydrogens (tertiary/aromatic N) is 2. The van der Waals surface area contributed by atoms with E-state index in [4.69, 9.17) is 4.74 Å². The quantitative estimate of drug-likeness (QED) is 0.324. The molecule has 0 atom stereocenters. The van der Waals surface area contributed by atoms with Gasteiger partial charge in [-0.05, 0) is 74.7 Å². The molecule has 1 aromatic heterocycles. The molecule has 28 heavy (non-hydrogen) atoms. The molecule has 0 unspecified atom stereocenters. The summed E-state index contributed by atoms with van der Waals surface area (Å²) in [6, 6.07) is 11.6. The minimum Gasteiger partial charge on any atom is -0.496 e. The molecule has 0 radical (unpaired) electrons. The van der Waals surface area contributed by atoms with Crippen molar-refractivity contribution in [2.75, 3.05) is 13.4 Å². The molecule has 0 amide bonds. The van der Waals surface area contributed by atoms with Gasteiger partial charge in [0, 0.05) is 21.7 Å². The van der Waals surface area contributed by atoms with Crippen LogP contribution >= 0.6 is 11.8 Å². The molecular formula is C22H21FN2O2S. The van der Waals surface area contributed by atoms with Gasteiger partial charge in [-0.3, -0.25) is 4.79 Å². The number of rotatable bonds is 6. The van der Waals surface area contributed by atoms with Crippen LogP contribution in [0.1, 0.15) is 27.3 Å². The summed E-state index contributed by atoms with van der Waals surface area (Å²) in [5, 5.41) is 4.52. The van der Waals surface area contributed by atoms with E-state index in [0.29, 0.717) is 11.3 Å². The fraction of sp³-hybridized carbons (Fsp3) is 0.182. The molecular weight excluding hydrogens is 375 g/mol. The highest BCUT2D eigenvalue weighted by Gasteiger charge is 2.12. The number of hydrogen-bond donors (Lipinski definition) is 0. The van der Waals surface area contributed by atoms with E-state index in [9.17, 15) is 9.18 Å². The minimum atomic E-state index is -0.293. The smallest absolute Gasteiger partial charge is 0.185 e. The van der Waals surface area contributed by atoms with Gasteiger partial charge < -0.3 is 4.74 Å². The third kappa shape index (κ3) is 4.02. The van der Waals surface area contributed by atoms with E-state index in [0.717, 1.165) is 27.5 Å². The molecule has 6 heteroatoms. The molecule has 3 aromatic rings. The van der Waals surface area contributed by atoms with Crippen LogP contribution in [0.5, 0.6) is 5.75 Å². The first-order valence-electron chi connectivity index (χ1n) is 8.71. The van der Waals surface area contributed by atoms with Crippen LogP contribution in [0, 0.1) is 19.7 Å². The molecule has 0 spiro atoms. The maximum atomic E-state index is 13.2. The lowest BCUT2D eigenvalue weighted by Gasteiger charge is -2.07. The van der Waals surface area contributed by atoms with Gasteiger partial charge >= 0.3 is 0 Å². The van der Waals surface area contributed by atoms with Crippen molar-refractivity contribution in [1.29, 1.82) is 0 Å². The minimum absolute atomic E-state index is 0.112. The normalized spacial score (nSPS) is 11.2. The molecule has 0 aliphatic heterocycles. The molecule has 0 aliphatic rings. The van der Waals surface area contributed by atoms with Crippen molar-refractivity contribution in [3.63, 3.8) is 0 Å². The van der Waals surface area contributed by atoms with Crippen LogP contribution < -0.4 is 4.74 Å². The third-order valence-corrected chi connectivity index (χ3v) is 5.27. The maximum absolute atomic E-state index is 13.2. The second kappa shape index (κ2) is 8.44. The molecule has 144 valence electrons. The van der Waals surface area contributed by atoms with Gasteiger partial charge in [0.1, 0.15) is 11.6 Å². The molecule has 0 fully saturated rings. The zero-order valence-corrected chi connectivity index (χ0v) is 17.0. The fourth-order valence-electron chi connectivity index (χ4n) is 2.97. The number of ether oxygens (including phenoxy) is 1. The van der Waals surface area contributed by atoms with Gasteiger partial charge in [-0.2, -0.15) is 5.10 Å². The molecule has 0 saturated heterocycles. The van der Waals surface area contributed by atoms with E-state index >= 15 is 0 Å². The van der Waals surface area contributed by atoms with Crippen molar-refractivity contribution in [3.05, 3.63) is 76.9 Å². The lowest BCUT2D eigenvalue weighted by molar-refractivity contribution is 0.104. The number of benzene rings is 2. The standard InChI is InChI=1S/C22H21FN2O2S/c1-14-19(15(2)25(24-14)18-8-6-17(23)7-9-18)10-11-20(26)16-5-12-22(28-4)21(13-16)27-3/h5-13H,1-4H3/b11-10+. The lowest BCUT2D eigenvalue weighted by atomic mass is 10.1. The average molecular weight is 396 g/mol. The predicted octanol–water partition coefficient (Wildman–Crippen LogP) is 5.25. The highest BCUT2D eigenvalue weighted by Crippen LogP contribution is 2.28. The number of aryl methyl sites for hydroxylation is 1. The topological polar surface area (TPSA) is 44.1 Å². The number of carbonyl (C=O) groups excluding carboxylic acids is 1. The lowest BCUT2D eigenvalue weighted by Crippen LogP contribution is -1.99. The third-order valence-electron chi connectivity index (χ3n) is 4.49. The van der Waals surface area contributed by atoms with Gasteiger partial charge in [0.15, 0.2) is 5.78 Å². The second-order valence-electron chi connectivity index (χ2n) is 6.24. The first-order chi connectivity index (χ1) is 13.4. The Balaban J connectivity index is 1.88. The van der Waals surface area contributed by atoms with Crippen LogP contribution in [0.15, 0.2) is 53.4 Å². The molecule has 1 heterocycles. The largest absolute Gasteiger partial charge is 0.496 e. The summed E-state index contributed by atoms with van der Waals surface area (Å²) in [5.41, 5.74) is 3.87. The summed E-state index contributed by atoms with van der Waals surface area (Å²) < 4.78 is 20.3. The number of halogens is 1. The Morgan fingerprint density at radius 2 is 1.89 bits per heavy atom. The zero-order valence-electron chi connectivity index (χ0n) is 16.2. The van der Waals surface area contributed by atoms with Crippen LogP contribution in [0.4, 0.5) is 4.39 Å². The van der Waals surface area contributed by atoms with Gasteiger partial charge in [0.2, 0.25) is 0 Å². The zero-order chi connectivity index (χ0) is 20.3. The Morgan fingerprint density at radius 3 is 2.54 bits per heavy atom. The summed E-state index contributed by atoms with van der Waals surface area (Å²) in [7, 11) is 1.59. The summed E-state index contributed by atoms with van der Waals surface area (Å²) in [6.45, 7) is 3.80. The molecule has 2 aromatic carbocycles. The Hall–Kier alpha value is -2.86. The van der Waals surface area contributed by atoms with Crippen LogP contribution in [-0.2, 0) is 0 Å². The van der Waals surface area contributed by atoms with E-state index in [1.165, 1.54) is 12.1 Å². The molecule has 0 N–H and O–H groups in total. The molecule has 0 aliphatic carbocycles. The maximum Gasteiger partial charge on any atom is 0.185 e. The van der Waals surface area contributed by atoms with E-state index in [1.807, 2.05) is 26.2 Å². The van der Waals surface area contributed by atoms with Gasteiger partial charge in [0.25, 0.3) is 0 Å². The fourth-order valence-corrected chi connectivity index (χ4v) is 3.52. The first kappa shape index (κ1) is 19.9. The Bertz CT molecular complexity index is 1040. The molecule has 3 rings (SSSR count). The molecule has 4 nitrogen and oxygen atoms in total. The van der Waals surface area contributed by atoms with Crippen molar-refractivity contribution in [1.82, 2.24) is 9.78 Å². The summed E-state index contributed by atoms with van der Waals surface area (Å²) >= 11 is 1.57. The highest BCUT2D eigenvalue weighted by molar-refractivity contribution is 7.98. The van der Waals surface area contributed by atoms with E-state index in [1.54, 1.807) is 60.0 Å². The van der Waals surface area contributed by atoms with E-state index < -0.39 is 0 Å². The summed E-state index contributed by atoms with van der Waals surface area (Å²) in [6.07, 6.45) is 5.28. The number of ketones is 1. The van der Waals surface area contributed by atoms with Crippen molar-refractivity contribution in [3.8, 4) is 11.4 Å². The Labute approximate surface area is 168 Å². The Kier molecular flexibility index (Phi) is 5.99. The second-order valence-corrected chi connectivity index (χ2v) is 7.09. The van der Waals surface area contributed by atoms with Gasteiger partial charge in [-0.15, -0.1) is 11.8 Å².